The highest BCUT2D eigenvalue weighted by Crippen LogP contribution is 2.29. The number of para-hydroxylation sites is 2. The van der Waals surface area contributed by atoms with Gasteiger partial charge in [0, 0.05) is 5.39 Å². The van der Waals surface area contributed by atoms with Crippen molar-refractivity contribution in [2.45, 2.75) is 0 Å². The van der Waals surface area contributed by atoms with E-state index in [0.29, 0.717) is 17.2 Å². The molecular weight excluding hydrogens is 343 g/mol. The number of hydrazone groups is 1. The summed E-state index contributed by atoms with van der Waals surface area (Å²) >= 11 is 0. The van der Waals surface area contributed by atoms with E-state index in [2.05, 4.69) is 20.5 Å². The van der Waals surface area contributed by atoms with Gasteiger partial charge in [0.2, 0.25) is 0 Å². The number of phenols is 1. The topological polar surface area (TPSA) is 70.4 Å². The zero-order chi connectivity index (χ0) is 18.6. The summed E-state index contributed by atoms with van der Waals surface area (Å²) in [6.45, 7) is 0. The molecule has 0 fully saturated rings. The first-order chi connectivity index (χ1) is 13.2. The van der Waals surface area contributed by atoms with E-state index in [-0.39, 0.29) is 11.6 Å². The van der Waals surface area contributed by atoms with E-state index in [0.717, 1.165) is 16.5 Å². The predicted octanol–water partition coefficient (Wildman–Crippen LogP) is 4.59. The number of rotatable bonds is 4. The summed E-state index contributed by atoms with van der Waals surface area (Å²) in [5, 5.41) is 15.1. The van der Waals surface area contributed by atoms with Gasteiger partial charge in [-0.2, -0.15) is 5.10 Å². The number of hydrogen-bond donors (Lipinski definition) is 2. The van der Waals surface area contributed by atoms with Crippen LogP contribution >= 0.6 is 0 Å². The van der Waals surface area contributed by atoms with E-state index >= 15 is 0 Å². The maximum atomic E-state index is 13.0. The minimum Gasteiger partial charge on any atom is -0.507 e. The molecule has 6 heteroatoms. The summed E-state index contributed by atoms with van der Waals surface area (Å²) < 4.78 is 13.0. The summed E-state index contributed by atoms with van der Waals surface area (Å²) in [7, 11) is 0. The number of anilines is 1. The Bertz CT molecular complexity index is 1130. The maximum absolute atomic E-state index is 13.0. The quantitative estimate of drug-likeness (QED) is 0.414. The van der Waals surface area contributed by atoms with Gasteiger partial charge in [-0.15, -0.1) is 0 Å². The Morgan fingerprint density at radius 1 is 0.889 bits per heavy atom. The molecule has 0 aliphatic carbocycles. The molecule has 132 valence electrons. The average molecular weight is 358 g/mol. The minimum atomic E-state index is -0.297. The molecule has 3 aromatic carbocycles. The van der Waals surface area contributed by atoms with Crippen LogP contribution < -0.4 is 5.43 Å². The lowest BCUT2D eigenvalue weighted by atomic mass is 10.1. The number of aromatic hydroxyl groups is 1. The Morgan fingerprint density at radius 3 is 2.44 bits per heavy atom. The van der Waals surface area contributed by atoms with Crippen LogP contribution in [0.1, 0.15) is 5.56 Å². The van der Waals surface area contributed by atoms with Crippen LogP contribution in [0, 0.1) is 5.82 Å². The Hall–Kier alpha value is -3.80. The van der Waals surface area contributed by atoms with Gasteiger partial charge < -0.3 is 5.11 Å². The molecule has 5 nitrogen and oxygen atoms in total. The van der Waals surface area contributed by atoms with Gasteiger partial charge in [-0.1, -0.05) is 36.4 Å². The van der Waals surface area contributed by atoms with Crippen molar-refractivity contribution in [3.63, 3.8) is 0 Å². The third-order valence-corrected chi connectivity index (χ3v) is 4.00. The second-order valence-corrected chi connectivity index (χ2v) is 5.85. The molecule has 0 aliphatic heterocycles. The van der Waals surface area contributed by atoms with Crippen molar-refractivity contribution in [1.29, 1.82) is 0 Å². The van der Waals surface area contributed by atoms with Crippen molar-refractivity contribution in [1.82, 2.24) is 9.97 Å². The normalized spacial score (nSPS) is 11.1. The van der Waals surface area contributed by atoms with Crippen LogP contribution in [0.15, 0.2) is 77.9 Å². The first kappa shape index (κ1) is 16.7. The zero-order valence-corrected chi connectivity index (χ0v) is 14.2. The van der Waals surface area contributed by atoms with Crippen molar-refractivity contribution in [2.24, 2.45) is 5.10 Å². The molecule has 0 saturated heterocycles. The number of aromatic nitrogens is 2. The van der Waals surface area contributed by atoms with Gasteiger partial charge in [-0.05, 0) is 42.0 Å². The summed E-state index contributed by atoms with van der Waals surface area (Å²) in [5.74, 6) is 0.714. The molecular formula is C21H15FN4O. The highest BCUT2D eigenvalue weighted by Gasteiger charge is 2.11. The SMILES string of the molecule is Oc1ccccc1-c1nc(NN=Cc2ccc(F)cc2)c2ccccc2n1. The number of halogens is 1. The lowest BCUT2D eigenvalue weighted by Crippen LogP contribution is -1.99. The Kier molecular flexibility index (Phi) is 4.45. The van der Waals surface area contributed by atoms with Crippen LogP contribution in [-0.4, -0.2) is 21.3 Å². The second-order valence-electron chi connectivity index (χ2n) is 5.85. The van der Waals surface area contributed by atoms with Crippen LogP contribution in [0.25, 0.3) is 22.3 Å². The number of nitrogens with zero attached hydrogens (tertiary/aromatic N) is 3. The highest BCUT2D eigenvalue weighted by atomic mass is 19.1. The molecule has 1 heterocycles. The third kappa shape index (κ3) is 3.59. The van der Waals surface area contributed by atoms with Crippen LogP contribution in [0.3, 0.4) is 0 Å². The molecule has 0 spiro atoms. The third-order valence-electron chi connectivity index (χ3n) is 4.00. The van der Waals surface area contributed by atoms with Crippen LogP contribution in [0.5, 0.6) is 5.75 Å². The van der Waals surface area contributed by atoms with Gasteiger partial charge in [0.15, 0.2) is 11.6 Å². The summed E-state index contributed by atoms with van der Waals surface area (Å²) in [6, 6.07) is 20.4. The van der Waals surface area contributed by atoms with Crippen molar-refractivity contribution in [3.8, 4) is 17.1 Å². The summed E-state index contributed by atoms with van der Waals surface area (Å²) in [4.78, 5) is 9.06. The number of hydrogen-bond acceptors (Lipinski definition) is 5. The molecule has 4 rings (SSSR count). The molecule has 0 unspecified atom stereocenters. The van der Waals surface area contributed by atoms with Gasteiger partial charge in [0.05, 0.1) is 17.3 Å². The van der Waals surface area contributed by atoms with E-state index in [1.807, 2.05) is 30.3 Å². The lowest BCUT2D eigenvalue weighted by Gasteiger charge is -2.09. The maximum Gasteiger partial charge on any atom is 0.165 e. The number of fused-ring (bicyclic) bond motifs is 1. The fourth-order valence-corrected chi connectivity index (χ4v) is 2.66. The highest BCUT2D eigenvalue weighted by molar-refractivity contribution is 5.91. The molecule has 0 aliphatic rings. The fourth-order valence-electron chi connectivity index (χ4n) is 2.66. The summed E-state index contributed by atoms with van der Waals surface area (Å²) in [6.07, 6.45) is 1.58. The molecule has 0 radical (unpaired) electrons. The van der Waals surface area contributed by atoms with Crippen LogP contribution in [0.4, 0.5) is 10.2 Å². The molecule has 4 aromatic rings. The van der Waals surface area contributed by atoms with Crippen LogP contribution in [0.2, 0.25) is 0 Å². The molecule has 27 heavy (non-hydrogen) atoms. The molecule has 2 N–H and O–H groups in total. The second kappa shape index (κ2) is 7.21. The summed E-state index contributed by atoms with van der Waals surface area (Å²) in [5.41, 5.74) is 4.94. The average Bonchev–Trinajstić information content (AvgIpc) is 2.69. The Labute approximate surface area is 154 Å². The predicted molar refractivity (Wildman–Crippen MR) is 104 cm³/mol. The lowest BCUT2D eigenvalue weighted by molar-refractivity contribution is 0.477. The van der Waals surface area contributed by atoms with E-state index in [9.17, 15) is 9.50 Å². The zero-order valence-electron chi connectivity index (χ0n) is 14.2. The van der Waals surface area contributed by atoms with Gasteiger partial charge in [-0.25, -0.2) is 14.4 Å². The van der Waals surface area contributed by atoms with Crippen molar-refractivity contribution >= 4 is 22.9 Å². The number of benzene rings is 3. The minimum absolute atomic E-state index is 0.105. The van der Waals surface area contributed by atoms with Crippen molar-refractivity contribution in [2.75, 3.05) is 5.43 Å². The Balaban J connectivity index is 1.72. The standard InChI is InChI=1S/C21H15FN4O/c22-15-11-9-14(10-12-15)13-23-26-21-16-5-1-3-7-18(16)24-20(25-21)17-6-2-4-8-19(17)27/h1-13,27H,(H,24,25,26). The van der Waals surface area contributed by atoms with E-state index in [4.69, 9.17) is 0 Å². The van der Waals surface area contributed by atoms with Crippen molar-refractivity contribution < 1.29 is 9.50 Å². The van der Waals surface area contributed by atoms with Gasteiger partial charge >= 0.3 is 0 Å². The van der Waals surface area contributed by atoms with Crippen LogP contribution in [-0.2, 0) is 0 Å². The fraction of sp³-hybridized carbons (Fsp3) is 0. The molecule has 0 saturated carbocycles. The van der Waals surface area contributed by atoms with Crippen molar-refractivity contribution in [3.05, 3.63) is 84.2 Å². The largest absolute Gasteiger partial charge is 0.507 e. The van der Waals surface area contributed by atoms with E-state index in [1.165, 1.54) is 12.1 Å². The van der Waals surface area contributed by atoms with E-state index < -0.39 is 0 Å². The molecule has 0 bridgehead atoms. The number of phenolic OH excluding ortho intramolecular Hbond substituents is 1. The monoisotopic (exact) mass is 358 g/mol. The molecule has 0 amide bonds. The van der Waals surface area contributed by atoms with Gasteiger partial charge in [0.25, 0.3) is 0 Å². The first-order valence-electron chi connectivity index (χ1n) is 8.30. The smallest absolute Gasteiger partial charge is 0.165 e. The van der Waals surface area contributed by atoms with Gasteiger partial charge in [-0.3, -0.25) is 5.43 Å². The molecule has 1 aromatic heterocycles. The van der Waals surface area contributed by atoms with Gasteiger partial charge in [0.1, 0.15) is 11.6 Å². The Morgan fingerprint density at radius 2 is 1.63 bits per heavy atom. The van der Waals surface area contributed by atoms with E-state index in [1.54, 1.807) is 36.5 Å². The first-order valence-corrected chi connectivity index (χ1v) is 8.30. The number of nitrogens with one attached hydrogen (secondary N) is 1. The molecule has 0 atom stereocenters.